The summed E-state index contributed by atoms with van der Waals surface area (Å²) in [5, 5.41) is 7.30. The van der Waals surface area contributed by atoms with Gasteiger partial charge in [0.2, 0.25) is 5.91 Å². The molecule has 1 amide bonds. The summed E-state index contributed by atoms with van der Waals surface area (Å²) in [6.45, 7) is 9.90. The molecule has 2 aromatic rings. The van der Waals surface area contributed by atoms with Crippen LogP contribution in [0.25, 0.3) is 0 Å². The topological polar surface area (TPSA) is 74.6 Å². The van der Waals surface area contributed by atoms with Gasteiger partial charge < -0.3 is 20.1 Å². The minimum Gasteiger partial charge on any atom is -0.370 e. The van der Waals surface area contributed by atoms with Crippen molar-refractivity contribution in [3.8, 4) is 0 Å². The lowest BCUT2D eigenvalue weighted by Crippen LogP contribution is -2.63. The van der Waals surface area contributed by atoms with Gasteiger partial charge in [0.15, 0.2) is 0 Å². The van der Waals surface area contributed by atoms with E-state index in [2.05, 4.69) is 48.5 Å². The Morgan fingerprint density at radius 1 is 1.28 bits per heavy atom. The number of amidine groups is 1. The third-order valence-electron chi connectivity index (χ3n) is 5.53. The van der Waals surface area contributed by atoms with Gasteiger partial charge in [-0.3, -0.25) is 9.79 Å². The second-order valence-electron chi connectivity index (χ2n) is 9.03. The number of aryl methyl sites for hydroxylation is 1. The molecular formula is C22H30N6O. The summed E-state index contributed by atoms with van der Waals surface area (Å²) in [7, 11) is 0. The SMILES string of the molecule is Cc1nccn1CC(=O)N1CCC[C@@]2(C1)Nc1ccccc1NC2=NC(C)(C)C. The number of nitrogens with one attached hydrogen (secondary N) is 2. The molecule has 7 heteroatoms. The van der Waals surface area contributed by atoms with Crippen LogP contribution in [0.5, 0.6) is 0 Å². The summed E-state index contributed by atoms with van der Waals surface area (Å²) >= 11 is 0. The minimum atomic E-state index is -0.403. The summed E-state index contributed by atoms with van der Waals surface area (Å²) in [5.41, 5.74) is 1.46. The van der Waals surface area contributed by atoms with E-state index in [0.29, 0.717) is 13.1 Å². The predicted octanol–water partition coefficient (Wildman–Crippen LogP) is 3.29. The number of aromatic nitrogens is 2. The first-order chi connectivity index (χ1) is 13.8. The van der Waals surface area contributed by atoms with E-state index in [1.165, 1.54) is 0 Å². The Morgan fingerprint density at radius 2 is 2.03 bits per heavy atom. The quantitative estimate of drug-likeness (QED) is 0.820. The minimum absolute atomic E-state index is 0.112. The zero-order chi connectivity index (χ0) is 20.6. The van der Waals surface area contributed by atoms with Crippen LogP contribution in [0.4, 0.5) is 11.4 Å². The zero-order valence-electron chi connectivity index (χ0n) is 17.7. The number of imidazole rings is 1. The number of amides is 1. The highest BCUT2D eigenvalue weighted by atomic mass is 16.2. The summed E-state index contributed by atoms with van der Waals surface area (Å²) in [4.78, 5) is 24.3. The van der Waals surface area contributed by atoms with Crippen molar-refractivity contribution in [1.82, 2.24) is 14.5 Å². The Balaban J connectivity index is 1.64. The van der Waals surface area contributed by atoms with Crippen molar-refractivity contribution in [2.45, 2.75) is 58.2 Å². The smallest absolute Gasteiger partial charge is 0.242 e. The molecule has 2 aliphatic rings. The summed E-state index contributed by atoms with van der Waals surface area (Å²) < 4.78 is 1.90. The van der Waals surface area contributed by atoms with E-state index in [9.17, 15) is 4.79 Å². The van der Waals surface area contributed by atoms with Gasteiger partial charge in [-0.2, -0.15) is 0 Å². The second kappa shape index (κ2) is 7.21. The fourth-order valence-corrected chi connectivity index (χ4v) is 4.12. The van der Waals surface area contributed by atoms with Gasteiger partial charge in [0.25, 0.3) is 0 Å². The standard InChI is InChI=1S/C22H30N6O/c1-16-23-11-13-27(16)14-19(29)28-12-7-10-22(15-28)20(26-21(2,3)4)24-17-8-5-6-9-18(17)25-22/h5-6,8-9,11,13,25H,7,10,12,14-15H2,1-4H3,(H,24,26)/t22-/m0/s1. The molecule has 7 nitrogen and oxygen atoms in total. The maximum absolute atomic E-state index is 13.1. The third kappa shape index (κ3) is 3.99. The fraction of sp³-hybridized carbons (Fsp3) is 0.500. The fourth-order valence-electron chi connectivity index (χ4n) is 4.12. The number of nitrogens with zero attached hydrogens (tertiary/aromatic N) is 4. The molecule has 1 saturated heterocycles. The molecule has 29 heavy (non-hydrogen) atoms. The molecule has 1 aromatic heterocycles. The molecule has 4 rings (SSSR count). The van der Waals surface area contributed by atoms with Gasteiger partial charge in [0.1, 0.15) is 23.7 Å². The van der Waals surface area contributed by atoms with E-state index in [1.54, 1.807) is 6.20 Å². The van der Waals surface area contributed by atoms with Crippen molar-refractivity contribution in [3.05, 3.63) is 42.5 Å². The van der Waals surface area contributed by atoms with Gasteiger partial charge in [-0.05, 0) is 52.7 Å². The molecule has 2 N–H and O–H groups in total. The van der Waals surface area contributed by atoms with Crippen LogP contribution in [0.1, 0.15) is 39.4 Å². The highest BCUT2D eigenvalue weighted by molar-refractivity contribution is 6.10. The molecule has 154 valence electrons. The zero-order valence-corrected chi connectivity index (χ0v) is 17.7. The number of aliphatic imine (C=N–C) groups is 1. The lowest BCUT2D eigenvalue weighted by Gasteiger charge is -2.48. The molecule has 0 aliphatic carbocycles. The lowest BCUT2D eigenvalue weighted by molar-refractivity contribution is -0.133. The number of piperidine rings is 1. The molecule has 2 aliphatic heterocycles. The van der Waals surface area contributed by atoms with Crippen LogP contribution in [-0.4, -0.2) is 50.4 Å². The summed E-state index contributed by atoms with van der Waals surface area (Å²) in [6.07, 6.45) is 5.44. The van der Waals surface area contributed by atoms with E-state index in [4.69, 9.17) is 4.99 Å². The number of carbonyl (C=O) groups excluding carboxylic acids is 1. The van der Waals surface area contributed by atoms with E-state index in [0.717, 1.165) is 42.4 Å². The molecule has 1 fully saturated rings. The van der Waals surface area contributed by atoms with Crippen molar-refractivity contribution < 1.29 is 4.79 Å². The van der Waals surface area contributed by atoms with Crippen LogP contribution < -0.4 is 10.6 Å². The molecule has 0 bridgehead atoms. The Bertz CT molecular complexity index is 941. The number of fused-ring (bicyclic) bond motifs is 1. The Kier molecular flexibility index (Phi) is 4.84. The van der Waals surface area contributed by atoms with E-state index in [-0.39, 0.29) is 11.4 Å². The molecule has 0 saturated carbocycles. The van der Waals surface area contributed by atoms with Crippen LogP contribution in [0, 0.1) is 6.92 Å². The van der Waals surface area contributed by atoms with Crippen LogP contribution in [0.15, 0.2) is 41.7 Å². The molecule has 1 atom stereocenters. The average molecular weight is 395 g/mol. The van der Waals surface area contributed by atoms with Crippen LogP contribution >= 0.6 is 0 Å². The van der Waals surface area contributed by atoms with Crippen molar-refractivity contribution in [2.24, 2.45) is 4.99 Å². The normalized spacial score (nSPS) is 22.9. The van der Waals surface area contributed by atoms with Crippen molar-refractivity contribution in [2.75, 3.05) is 23.7 Å². The van der Waals surface area contributed by atoms with E-state index < -0.39 is 5.54 Å². The van der Waals surface area contributed by atoms with Crippen molar-refractivity contribution >= 4 is 23.1 Å². The van der Waals surface area contributed by atoms with Gasteiger partial charge in [-0.1, -0.05) is 12.1 Å². The number of rotatable bonds is 2. The Labute approximate surface area is 172 Å². The van der Waals surface area contributed by atoms with Gasteiger partial charge in [0, 0.05) is 18.9 Å². The summed E-state index contributed by atoms with van der Waals surface area (Å²) in [6, 6.07) is 8.18. The maximum atomic E-state index is 13.1. The first-order valence-electron chi connectivity index (χ1n) is 10.3. The number of para-hydroxylation sites is 2. The van der Waals surface area contributed by atoms with Crippen molar-refractivity contribution in [3.63, 3.8) is 0 Å². The number of anilines is 2. The highest BCUT2D eigenvalue weighted by Gasteiger charge is 2.45. The van der Waals surface area contributed by atoms with Gasteiger partial charge in [-0.15, -0.1) is 0 Å². The van der Waals surface area contributed by atoms with Crippen molar-refractivity contribution in [1.29, 1.82) is 0 Å². The molecule has 0 unspecified atom stereocenters. The largest absolute Gasteiger partial charge is 0.370 e. The van der Waals surface area contributed by atoms with Crippen LogP contribution in [0.2, 0.25) is 0 Å². The van der Waals surface area contributed by atoms with E-state index in [1.807, 2.05) is 34.7 Å². The lowest BCUT2D eigenvalue weighted by atomic mass is 9.84. The number of benzene rings is 1. The Hall–Kier alpha value is -2.83. The first kappa shape index (κ1) is 19.5. The molecular weight excluding hydrogens is 364 g/mol. The first-order valence-corrected chi connectivity index (χ1v) is 10.3. The second-order valence-corrected chi connectivity index (χ2v) is 9.03. The third-order valence-corrected chi connectivity index (χ3v) is 5.53. The molecule has 0 radical (unpaired) electrons. The highest BCUT2D eigenvalue weighted by Crippen LogP contribution is 2.37. The van der Waals surface area contributed by atoms with Crippen LogP contribution in [-0.2, 0) is 11.3 Å². The average Bonchev–Trinajstić information content (AvgIpc) is 3.06. The molecule has 3 heterocycles. The number of hydrogen-bond donors (Lipinski definition) is 2. The molecule has 1 spiro atoms. The van der Waals surface area contributed by atoms with E-state index >= 15 is 0 Å². The van der Waals surface area contributed by atoms with Crippen LogP contribution in [0.3, 0.4) is 0 Å². The number of carbonyl (C=O) groups is 1. The predicted molar refractivity (Wildman–Crippen MR) is 116 cm³/mol. The molecule has 1 aromatic carbocycles. The Morgan fingerprint density at radius 3 is 2.72 bits per heavy atom. The van der Waals surface area contributed by atoms with Gasteiger partial charge >= 0.3 is 0 Å². The number of likely N-dealkylation sites (tertiary alicyclic amines) is 1. The van der Waals surface area contributed by atoms with Gasteiger partial charge in [0.05, 0.1) is 23.5 Å². The number of hydrogen-bond acceptors (Lipinski definition) is 4. The summed E-state index contributed by atoms with van der Waals surface area (Å²) in [5.74, 6) is 1.88. The maximum Gasteiger partial charge on any atom is 0.242 e. The monoisotopic (exact) mass is 394 g/mol. The van der Waals surface area contributed by atoms with Gasteiger partial charge in [-0.25, -0.2) is 4.98 Å².